The van der Waals surface area contributed by atoms with Crippen LogP contribution in [0.3, 0.4) is 0 Å². The summed E-state index contributed by atoms with van der Waals surface area (Å²) in [6.07, 6.45) is -0.471. The lowest BCUT2D eigenvalue weighted by atomic mass is 9.94. The van der Waals surface area contributed by atoms with Gasteiger partial charge in [0.1, 0.15) is 0 Å². The van der Waals surface area contributed by atoms with Crippen LogP contribution in [-0.2, 0) is 4.74 Å². The molecule has 1 heterocycles. The molecule has 1 aromatic rings. The van der Waals surface area contributed by atoms with Gasteiger partial charge in [0.15, 0.2) is 0 Å². The number of hydrogen-bond acceptors (Lipinski definition) is 3. The Kier molecular flexibility index (Phi) is 4.24. The third-order valence-corrected chi connectivity index (χ3v) is 3.89. The molecule has 0 radical (unpaired) electrons. The van der Waals surface area contributed by atoms with Crippen molar-refractivity contribution in [1.82, 2.24) is 4.90 Å². The highest BCUT2D eigenvalue weighted by atomic mass is 16.5. The van der Waals surface area contributed by atoms with Crippen molar-refractivity contribution in [3.63, 3.8) is 0 Å². The lowest BCUT2D eigenvalue weighted by molar-refractivity contribution is -0.192. The van der Waals surface area contributed by atoms with E-state index in [-0.39, 0.29) is 17.2 Å². The normalized spacial score (nSPS) is 25.1. The van der Waals surface area contributed by atoms with E-state index in [0.717, 1.165) is 18.7 Å². The van der Waals surface area contributed by atoms with E-state index in [1.165, 1.54) is 0 Å². The van der Waals surface area contributed by atoms with Gasteiger partial charge in [-0.2, -0.15) is 0 Å². The zero-order chi connectivity index (χ0) is 15.0. The Morgan fingerprint density at radius 1 is 1.05 bits per heavy atom. The number of aliphatic hydroxyl groups excluding tert-OH is 1. The fraction of sp³-hybridized carbons (Fsp3) is 0.647. The average molecular weight is 277 g/mol. The Balaban J connectivity index is 2.14. The van der Waals surface area contributed by atoms with Gasteiger partial charge in [-0.1, -0.05) is 30.3 Å². The molecular weight excluding hydrogens is 250 g/mol. The Bertz CT molecular complexity index is 426. The molecule has 2 rings (SSSR count). The Labute approximate surface area is 122 Å². The molecule has 1 N–H and O–H groups in total. The number of aliphatic hydroxyl groups is 1. The number of rotatable bonds is 3. The first-order chi connectivity index (χ1) is 9.20. The minimum absolute atomic E-state index is 0.0693. The van der Waals surface area contributed by atoms with Gasteiger partial charge in [0.2, 0.25) is 0 Å². The van der Waals surface area contributed by atoms with Gasteiger partial charge in [0.05, 0.1) is 17.3 Å². The maximum absolute atomic E-state index is 10.6. The highest BCUT2D eigenvalue weighted by Crippen LogP contribution is 2.32. The quantitative estimate of drug-likeness (QED) is 0.922. The highest BCUT2D eigenvalue weighted by Gasteiger charge is 2.40. The summed E-state index contributed by atoms with van der Waals surface area (Å²) in [5.41, 5.74) is 0.598. The predicted octanol–water partition coefficient (Wildman–Crippen LogP) is 3.00. The van der Waals surface area contributed by atoms with Crippen LogP contribution in [0.25, 0.3) is 0 Å². The Hall–Kier alpha value is -0.900. The van der Waals surface area contributed by atoms with E-state index in [4.69, 9.17) is 4.74 Å². The van der Waals surface area contributed by atoms with Crippen molar-refractivity contribution in [3.05, 3.63) is 35.9 Å². The van der Waals surface area contributed by atoms with E-state index in [0.29, 0.717) is 0 Å². The third kappa shape index (κ3) is 3.60. The maximum Gasteiger partial charge on any atom is 0.0942 e. The fourth-order valence-electron chi connectivity index (χ4n) is 3.26. The number of hydrogen-bond donors (Lipinski definition) is 1. The van der Waals surface area contributed by atoms with E-state index in [9.17, 15) is 5.11 Å². The first-order valence-corrected chi connectivity index (χ1v) is 7.37. The van der Waals surface area contributed by atoms with E-state index in [1.54, 1.807) is 0 Å². The topological polar surface area (TPSA) is 32.7 Å². The number of nitrogens with zero attached hydrogens (tertiary/aromatic N) is 1. The molecule has 1 saturated heterocycles. The molecular formula is C17H27NO2. The second-order valence-electron chi connectivity index (χ2n) is 7.12. The largest absolute Gasteiger partial charge is 0.387 e. The first-order valence-electron chi connectivity index (χ1n) is 7.37. The second-order valence-corrected chi connectivity index (χ2v) is 7.12. The summed E-state index contributed by atoms with van der Waals surface area (Å²) in [6.45, 7) is 12.2. The molecule has 0 amide bonds. The van der Waals surface area contributed by atoms with Crippen LogP contribution in [0.5, 0.6) is 0 Å². The molecule has 0 saturated carbocycles. The first kappa shape index (κ1) is 15.5. The number of benzene rings is 1. The van der Waals surface area contributed by atoms with Crippen LogP contribution in [0.4, 0.5) is 0 Å². The van der Waals surface area contributed by atoms with Crippen molar-refractivity contribution >= 4 is 0 Å². The van der Waals surface area contributed by atoms with Crippen LogP contribution in [0.15, 0.2) is 30.3 Å². The van der Waals surface area contributed by atoms with Crippen LogP contribution in [0.2, 0.25) is 0 Å². The average Bonchev–Trinajstić information content (AvgIpc) is 2.34. The molecule has 3 nitrogen and oxygen atoms in total. The minimum Gasteiger partial charge on any atom is -0.387 e. The van der Waals surface area contributed by atoms with Gasteiger partial charge in [-0.05, 0) is 40.2 Å². The van der Waals surface area contributed by atoms with Crippen molar-refractivity contribution in [2.45, 2.75) is 58.0 Å². The van der Waals surface area contributed by atoms with Crippen molar-refractivity contribution in [2.75, 3.05) is 13.1 Å². The monoisotopic (exact) mass is 277 g/mol. The summed E-state index contributed by atoms with van der Waals surface area (Å²) in [5, 5.41) is 10.6. The van der Waals surface area contributed by atoms with E-state index in [2.05, 4.69) is 39.5 Å². The van der Waals surface area contributed by atoms with Gasteiger partial charge < -0.3 is 9.84 Å². The van der Waals surface area contributed by atoms with Gasteiger partial charge in [0, 0.05) is 19.1 Å². The second kappa shape index (κ2) is 5.47. The summed E-state index contributed by atoms with van der Waals surface area (Å²) >= 11 is 0. The van der Waals surface area contributed by atoms with Crippen LogP contribution in [-0.4, -0.2) is 40.3 Å². The Morgan fingerprint density at radius 3 is 2.05 bits per heavy atom. The minimum atomic E-state index is -0.471. The van der Waals surface area contributed by atoms with Gasteiger partial charge >= 0.3 is 0 Å². The fourth-order valence-corrected chi connectivity index (χ4v) is 3.26. The molecule has 20 heavy (non-hydrogen) atoms. The summed E-state index contributed by atoms with van der Waals surface area (Å²) in [7, 11) is 0. The molecule has 1 aliphatic heterocycles. The molecule has 0 aromatic heterocycles. The summed E-state index contributed by atoms with van der Waals surface area (Å²) in [4.78, 5) is 2.33. The molecule has 1 aliphatic rings. The standard InChI is InChI=1S/C17H27NO2/c1-13(15(19)14-9-7-6-8-10-14)18-11-16(2,3)20-17(4,5)12-18/h6-10,13,15,19H,11-12H2,1-5H3. The van der Waals surface area contributed by atoms with Gasteiger partial charge in [-0.3, -0.25) is 4.90 Å². The zero-order valence-electron chi connectivity index (χ0n) is 13.3. The van der Waals surface area contributed by atoms with Gasteiger partial charge in [0.25, 0.3) is 0 Å². The van der Waals surface area contributed by atoms with Crippen LogP contribution >= 0.6 is 0 Å². The lowest BCUT2D eigenvalue weighted by Crippen LogP contribution is -2.60. The molecule has 0 aliphatic carbocycles. The van der Waals surface area contributed by atoms with E-state index < -0.39 is 6.10 Å². The number of morpholine rings is 1. The Morgan fingerprint density at radius 2 is 1.55 bits per heavy atom. The zero-order valence-corrected chi connectivity index (χ0v) is 13.3. The summed E-state index contributed by atoms with van der Waals surface area (Å²) in [6, 6.07) is 9.95. The van der Waals surface area contributed by atoms with Crippen molar-refractivity contribution in [1.29, 1.82) is 0 Å². The van der Waals surface area contributed by atoms with Crippen molar-refractivity contribution in [2.24, 2.45) is 0 Å². The molecule has 0 bridgehead atoms. The molecule has 2 atom stereocenters. The van der Waals surface area contributed by atoms with Crippen molar-refractivity contribution < 1.29 is 9.84 Å². The summed E-state index contributed by atoms with van der Waals surface area (Å²) < 4.78 is 6.10. The van der Waals surface area contributed by atoms with E-state index >= 15 is 0 Å². The number of ether oxygens (including phenoxy) is 1. The smallest absolute Gasteiger partial charge is 0.0942 e. The van der Waals surface area contributed by atoms with E-state index in [1.807, 2.05) is 30.3 Å². The molecule has 3 heteroatoms. The highest BCUT2D eigenvalue weighted by molar-refractivity contribution is 5.18. The molecule has 112 valence electrons. The van der Waals surface area contributed by atoms with Gasteiger partial charge in [-0.25, -0.2) is 0 Å². The third-order valence-electron chi connectivity index (χ3n) is 3.89. The summed E-state index contributed by atoms with van der Waals surface area (Å²) in [5.74, 6) is 0. The molecule has 2 unspecified atom stereocenters. The van der Waals surface area contributed by atoms with Crippen molar-refractivity contribution in [3.8, 4) is 0 Å². The molecule has 0 spiro atoms. The van der Waals surface area contributed by atoms with Crippen LogP contribution < -0.4 is 0 Å². The predicted molar refractivity (Wildman–Crippen MR) is 81.7 cm³/mol. The molecule has 1 fully saturated rings. The van der Waals surface area contributed by atoms with Gasteiger partial charge in [-0.15, -0.1) is 0 Å². The van der Waals surface area contributed by atoms with Crippen LogP contribution in [0.1, 0.15) is 46.3 Å². The SMILES string of the molecule is CC(C(O)c1ccccc1)N1CC(C)(C)OC(C)(C)C1. The maximum atomic E-state index is 10.6. The molecule has 1 aromatic carbocycles. The lowest BCUT2D eigenvalue weighted by Gasteiger charge is -2.49. The van der Waals surface area contributed by atoms with Crippen LogP contribution in [0, 0.1) is 0 Å².